The van der Waals surface area contributed by atoms with E-state index >= 15 is 0 Å². The molecule has 11 heavy (non-hydrogen) atoms. The van der Waals surface area contributed by atoms with Gasteiger partial charge in [0.15, 0.2) is 5.60 Å². The SMILES string of the molecule is CCCC(CC)(OC)C(=O)O. The van der Waals surface area contributed by atoms with Crippen LogP contribution in [0.5, 0.6) is 0 Å². The highest BCUT2D eigenvalue weighted by atomic mass is 16.5. The van der Waals surface area contributed by atoms with E-state index in [1.165, 1.54) is 7.11 Å². The fourth-order valence-corrected chi connectivity index (χ4v) is 1.17. The number of aliphatic carboxylic acids is 1. The van der Waals surface area contributed by atoms with Crippen molar-refractivity contribution >= 4 is 5.97 Å². The van der Waals surface area contributed by atoms with Crippen molar-refractivity contribution in [2.45, 2.75) is 38.7 Å². The zero-order chi connectivity index (χ0) is 8.91. The summed E-state index contributed by atoms with van der Waals surface area (Å²) in [6.07, 6.45) is 1.93. The number of rotatable bonds is 5. The summed E-state index contributed by atoms with van der Waals surface area (Å²) < 4.78 is 4.99. The zero-order valence-electron chi connectivity index (χ0n) is 7.39. The molecule has 0 aromatic carbocycles. The third-order valence-corrected chi connectivity index (χ3v) is 2.01. The number of carboxylic acids is 1. The second kappa shape index (κ2) is 4.34. The standard InChI is InChI=1S/C8H16O3/c1-4-6-8(5-2,11-3)7(9)10/h4-6H2,1-3H3,(H,9,10). The van der Waals surface area contributed by atoms with Crippen LogP contribution in [-0.4, -0.2) is 23.8 Å². The van der Waals surface area contributed by atoms with Crippen LogP contribution in [0.1, 0.15) is 33.1 Å². The molecule has 0 aromatic rings. The van der Waals surface area contributed by atoms with Gasteiger partial charge in [-0.05, 0) is 12.8 Å². The van der Waals surface area contributed by atoms with Crippen LogP contribution in [0.3, 0.4) is 0 Å². The Hall–Kier alpha value is -0.570. The number of hydrogen-bond acceptors (Lipinski definition) is 2. The molecule has 1 unspecified atom stereocenters. The third-order valence-electron chi connectivity index (χ3n) is 2.01. The van der Waals surface area contributed by atoms with Gasteiger partial charge in [-0.25, -0.2) is 4.79 Å². The van der Waals surface area contributed by atoms with E-state index in [1.54, 1.807) is 0 Å². The molecule has 0 spiro atoms. The zero-order valence-corrected chi connectivity index (χ0v) is 7.39. The maximum atomic E-state index is 10.7. The van der Waals surface area contributed by atoms with Crippen molar-refractivity contribution in [1.82, 2.24) is 0 Å². The second-order valence-corrected chi connectivity index (χ2v) is 2.61. The van der Waals surface area contributed by atoms with E-state index in [4.69, 9.17) is 9.84 Å². The first-order valence-corrected chi connectivity index (χ1v) is 3.91. The minimum atomic E-state index is -0.950. The normalized spacial score (nSPS) is 15.9. The van der Waals surface area contributed by atoms with E-state index < -0.39 is 11.6 Å². The maximum Gasteiger partial charge on any atom is 0.335 e. The highest BCUT2D eigenvalue weighted by Gasteiger charge is 2.35. The van der Waals surface area contributed by atoms with Gasteiger partial charge in [-0.1, -0.05) is 20.3 Å². The average Bonchev–Trinajstić information content (AvgIpc) is 2.00. The van der Waals surface area contributed by atoms with E-state index in [9.17, 15) is 4.79 Å². The van der Waals surface area contributed by atoms with Crippen molar-refractivity contribution in [2.24, 2.45) is 0 Å². The lowest BCUT2D eigenvalue weighted by Gasteiger charge is -2.25. The van der Waals surface area contributed by atoms with Gasteiger partial charge in [0.05, 0.1) is 0 Å². The topological polar surface area (TPSA) is 46.5 Å². The molecular weight excluding hydrogens is 144 g/mol. The van der Waals surface area contributed by atoms with E-state index in [1.807, 2.05) is 13.8 Å². The van der Waals surface area contributed by atoms with Crippen molar-refractivity contribution in [3.05, 3.63) is 0 Å². The molecular formula is C8H16O3. The molecule has 66 valence electrons. The quantitative estimate of drug-likeness (QED) is 0.665. The predicted molar refractivity (Wildman–Crippen MR) is 42.6 cm³/mol. The summed E-state index contributed by atoms with van der Waals surface area (Å²) in [5, 5.41) is 8.83. The van der Waals surface area contributed by atoms with Gasteiger partial charge in [-0.3, -0.25) is 0 Å². The molecule has 0 bridgehead atoms. The molecule has 0 radical (unpaired) electrons. The largest absolute Gasteiger partial charge is 0.479 e. The van der Waals surface area contributed by atoms with Crippen molar-refractivity contribution in [1.29, 1.82) is 0 Å². The third kappa shape index (κ3) is 2.19. The molecule has 0 fully saturated rings. The Labute approximate surface area is 67.4 Å². The number of carboxylic acid groups (broad SMARTS) is 1. The predicted octanol–water partition coefficient (Wildman–Crippen LogP) is 1.67. The van der Waals surface area contributed by atoms with Gasteiger partial charge in [0.1, 0.15) is 0 Å². The fraction of sp³-hybridized carbons (Fsp3) is 0.875. The molecule has 0 aliphatic heterocycles. The van der Waals surface area contributed by atoms with Gasteiger partial charge in [-0.15, -0.1) is 0 Å². The smallest absolute Gasteiger partial charge is 0.335 e. The van der Waals surface area contributed by atoms with E-state index in [-0.39, 0.29) is 0 Å². The van der Waals surface area contributed by atoms with Crippen LogP contribution in [0.25, 0.3) is 0 Å². The summed E-state index contributed by atoms with van der Waals surface area (Å²) in [6, 6.07) is 0. The van der Waals surface area contributed by atoms with Gasteiger partial charge >= 0.3 is 5.97 Å². The van der Waals surface area contributed by atoms with Crippen LogP contribution in [-0.2, 0) is 9.53 Å². The Morgan fingerprint density at radius 2 is 2.09 bits per heavy atom. The summed E-state index contributed by atoms with van der Waals surface area (Å²) in [5.41, 5.74) is -0.950. The summed E-state index contributed by atoms with van der Waals surface area (Å²) in [4.78, 5) is 10.7. The Bertz CT molecular complexity index is 127. The monoisotopic (exact) mass is 160 g/mol. The maximum absolute atomic E-state index is 10.7. The number of methoxy groups -OCH3 is 1. The Kier molecular flexibility index (Phi) is 4.11. The lowest BCUT2D eigenvalue weighted by molar-refractivity contribution is -0.163. The summed E-state index contributed by atoms with van der Waals surface area (Å²) in [7, 11) is 1.45. The summed E-state index contributed by atoms with van der Waals surface area (Å²) >= 11 is 0. The Balaban J connectivity index is 4.32. The van der Waals surface area contributed by atoms with Gasteiger partial charge in [-0.2, -0.15) is 0 Å². The van der Waals surface area contributed by atoms with Gasteiger partial charge in [0.2, 0.25) is 0 Å². The van der Waals surface area contributed by atoms with Crippen LogP contribution in [0, 0.1) is 0 Å². The highest BCUT2D eigenvalue weighted by Crippen LogP contribution is 2.21. The number of carbonyl (C=O) groups is 1. The molecule has 0 saturated heterocycles. The van der Waals surface area contributed by atoms with Crippen molar-refractivity contribution in [2.75, 3.05) is 7.11 Å². The first-order valence-electron chi connectivity index (χ1n) is 3.91. The van der Waals surface area contributed by atoms with Gasteiger partial charge in [0.25, 0.3) is 0 Å². The van der Waals surface area contributed by atoms with Crippen molar-refractivity contribution in [3.8, 4) is 0 Å². The molecule has 0 amide bonds. The van der Waals surface area contributed by atoms with Crippen molar-refractivity contribution < 1.29 is 14.6 Å². The molecule has 1 N–H and O–H groups in total. The molecule has 3 heteroatoms. The molecule has 0 aromatic heterocycles. The number of ether oxygens (including phenoxy) is 1. The van der Waals surface area contributed by atoms with Crippen LogP contribution in [0.15, 0.2) is 0 Å². The minimum Gasteiger partial charge on any atom is -0.479 e. The fourth-order valence-electron chi connectivity index (χ4n) is 1.17. The molecule has 0 aliphatic rings. The van der Waals surface area contributed by atoms with Crippen LogP contribution in [0.4, 0.5) is 0 Å². The first-order chi connectivity index (χ1) is 5.13. The van der Waals surface area contributed by atoms with E-state index in [2.05, 4.69) is 0 Å². The highest BCUT2D eigenvalue weighted by molar-refractivity contribution is 5.77. The van der Waals surface area contributed by atoms with Crippen molar-refractivity contribution in [3.63, 3.8) is 0 Å². The lowest BCUT2D eigenvalue weighted by Crippen LogP contribution is -2.39. The van der Waals surface area contributed by atoms with Gasteiger partial charge in [0, 0.05) is 7.11 Å². The molecule has 0 rings (SSSR count). The van der Waals surface area contributed by atoms with Gasteiger partial charge < -0.3 is 9.84 Å². The second-order valence-electron chi connectivity index (χ2n) is 2.61. The Morgan fingerprint density at radius 3 is 2.18 bits per heavy atom. The molecule has 0 heterocycles. The molecule has 0 saturated carbocycles. The van der Waals surface area contributed by atoms with Crippen LogP contribution < -0.4 is 0 Å². The average molecular weight is 160 g/mol. The molecule has 0 aliphatic carbocycles. The van der Waals surface area contributed by atoms with E-state index in [0.717, 1.165) is 6.42 Å². The molecule has 1 atom stereocenters. The van der Waals surface area contributed by atoms with E-state index in [0.29, 0.717) is 12.8 Å². The summed E-state index contributed by atoms with van der Waals surface area (Å²) in [6.45, 7) is 3.78. The Morgan fingerprint density at radius 1 is 1.55 bits per heavy atom. The van der Waals surface area contributed by atoms with Crippen LogP contribution >= 0.6 is 0 Å². The van der Waals surface area contributed by atoms with Crippen LogP contribution in [0.2, 0.25) is 0 Å². The number of hydrogen-bond donors (Lipinski definition) is 1. The summed E-state index contributed by atoms with van der Waals surface area (Å²) in [5.74, 6) is -0.857. The first kappa shape index (κ1) is 10.4. The lowest BCUT2D eigenvalue weighted by atomic mass is 9.95. The molecule has 3 nitrogen and oxygen atoms in total. The minimum absolute atomic E-state index is 0.521.